The van der Waals surface area contributed by atoms with Crippen LogP contribution in [0.25, 0.3) is 27.5 Å². The first-order valence-corrected chi connectivity index (χ1v) is 10.2. The summed E-state index contributed by atoms with van der Waals surface area (Å²) in [5, 5.41) is 0.447. The quantitative estimate of drug-likeness (QED) is 0.628. The van der Waals surface area contributed by atoms with Gasteiger partial charge in [-0.2, -0.15) is 13.2 Å². The third-order valence-electron chi connectivity index (χ3n) is 5.15. The van der Waals surface area contributed by atoms with Crippen LogP contribution in [-0.2, 0) is 11.3 Å². The van der Waals surface area contributed by atoms with Crippen molar-refractivity contribution in [3.63, 3.8) is 0 Å². The number of hydrogen-bond donors (Lipinski definition) is 1. The number of benzene rings is 1. The first kappa shape index (κ1) is 21.9. The summed E-state index contributed by atoms with van der Waals surface area (Å²) < 4.78 is 46.0. The van der Waals surface area contributed by atoms with Crippen molar-refractivity contribution in [1.29, 1.82) is 0 Å². The molecule has 7 nitrogen and oxygen atoms in total. The first-order valence-electron chi connectivity index (χ1n) is 10.2. The van der Waals surface area contributed by atoms with Crippen LogP contribution in [-0.4, -0.2) is 50.4 Å². The molecule has 4 rings (SSSR count). The number of aromatic nitrogens is 3. The van der Waals surface area contributed by atoms with Crippen LogP contribution in [0.5, 0.6) is 0 Å². The fourth-order valence-corrected chi connectivity index (χ4v) is 3.90. The molecule has 0 radical (unpaired) electrons. The fraction of sp³-hybridized carbons (Fsp3) is 0.409. The maximum absolute atomic E-state index is 13.2. The van der Waals surface area contributed by atoms with Crippen molar-refractivity contribution in [3.8, 4) is 0 Å². The average molecular weight is 448 g/mol. The first-order chi connectivity index (χ1) is 14.9. The fourth-order valence-electron chi connectivity index (χ4n) is 3.90. The van der Waals surface area contributed by atoms with Gasteiger partial charge in [0.2, 0.25) is 0 Å². The van der Waals surface area contributed by atoms with Gasteiger partial charge in [-0.1, -0.05) is 12.1 Å². The maximum Gasteiger partial charge on any atom is 0.410 e. The lowest BCUT2D eigenvalue weighted by molar-refractivity contribution is -0.139. The van der Waals surface area contributed by atoms with E-state index < -0.39 is 30.0 Å². The van der Waals surface area contributed by atoms with E-state index in [2.05, 4.69) is 9.97 Å². The number of nitrogens with one attached hydrogen (secondary N) is 1. The summed E-state index contributed by atoms with van der Waals surface area (Å²) in [5.41, 5.74) is 0.705. The number of aromatic amines is 1. The van der Waals surface area contributed by atoms with E-state index in [0.29, 0.717) is 24.9 Å². The van der Waals surface area contributed by atoms with Crippen LogP contribution in [0, 0.1) is 0 Å². The number of carbonyl (C=O) groups excluding carboxylic acids is 1. The molecule has 170 valence electrons. The number of H-pyrrole nitrogens is 1. The summed E-state index contributed by atoms with van der Waals surface area (Å²) in [6.07, 6.45) is -1.12. The van der Waals surface area contributed by atoms with Crippen LogP contribution in [0.1, 0.15) is 32.8 Å². The van der Waals surface area contributed by atoms with E-state index >= 15 is 0 Å². The van der Waals surface area contributed by atoms with E-state index in [-0.39, 0.29) is 16.6 Å². The topological polar surface area (TPSA) is 80.2 Å². The van der Waals surface area contributed by atoms with Crippen LogP contribution in [0.2, 0.25) is 0 Å². The monoisotopic (exact) mass is 448 g/mol. The Hall–Kier alpha value is -3.30. The van der Waals surface area contributed by atoms with Gasteiger partial charge in [0, 0.05) is 18.5 Å². The van der Waals surface area contributed by atoms with Crippen LogP contribution < -0.4 is 5.56 Å². The Morgan fingerprint density at radius 2 is 2.00 bits per heavy atom. The Morgan fingerprint density at radius 1 is 1.25 bits per heavy atom. The Kier molecular flexibility index (Phi) is 5.26. The number of nitrogens with zero attached hydrogens (tertiary/aromatic N) is 3. The lowest BCUT2D eigenvalue weighted by atomic mass is 10.00. The van der Waals surface area contributed by atoms with E-state index in [0.717, 1.165) is 15.7 Å². The van der Waals surface area contributed by atoms with Gasteiger partial charge >= 0.3 is 12.3 Å². The van der Waals surface area contributed by atoms with Crippen molar-refractivity contribution >= 4 is 33.6 Å². The number of halogens is 3. The third kappa shape index (κ3) is 4.35. The van der Waals surface area contributed by atoms with Gasteiger partial charge < -0.3 is 19.2 Å². The van der Waals surface area contributed by atoms with Gasteiger partial charge in [0.1, 0.15) is 23.2 Å². The van der Waals surface area contributed by atoms with Gasteiger partial charge in [0.05, 0.1) is 11.8 Å². The normalized spacial score (nSPS) is 15.3. The Labute approximate surface area is 181 Å². The molecular weight excluding hydrogens is 425 g/mol. The molecule has 1 aliphatic heterocycles. The van der Waals surface area contributed by atoms with Crippen LogP contribution in [0.3, 0.4) is 0 Å². The molecule has 1 aromatic carbocycles. The highest BCUT2D eigenvalue weighted by Crippen LogP contribution is 2.32. The van der Waals surface area contributed by atoms with E-state index in [9.17, 15) is 22.8 Å². The number of carbonyl (C=O) groups is 1. The van der Waals surface area contributed by atoms with Crippen molar-refractivity contribution in [2.24, 2.45) is 0 Å². The second-order valence-electron chi connectivity index (χ2n) is 8.78. The molecule has 0 aliphatic carbocycles. The van der Waals surface area contributed by atoms with Gasteiger partial charge in [-0.15, -0.1) is 0 Å². The predicted molar refractivity (Wildman–Crippen MR) is 114 cm³/mol. The zero-order chi connectivity index (χ0) is 23.3. The number of alkyl halides is 3. The Balaban J connectivity index is 1.75. The van der Waals surface area contributed by atoms with E-state index in [1.165, 1.54) is 6.33 Å². The molecule has 3 heterocycles. The zero-order valence-electron chi connectivity index (χ0n) is 17.9. The number of amides is 1. The molecule has 0 unspecified atom stereocenters. The summed E-state index contributed by atoms with van der Waals surface area (Å²) in [4.78, 5) is 32.9. The summed E-state index contributed by atoms with van der Waals surface area (Å²) in [5.74, 6) is 0. The largest absolute Gasteiger partial charge is 0.444 e. The SMILES string of the molecule is CC(C)(C)OC(=O)N1CCC=C(c2ccc3c(c2)c2nc[nH]c(=O)c2n3CC(F)(F)F)C1. The smallest absolute Gasteiger partial charge is 0.410 e. The molecular formula is C22H23F3N4O3. The third-order valence-corrected chi connectivity index (χ3v) is 5.15. The average Bonchev–Trinajstić information content (AvgIpc) is 3.00. The molecule has 2 aromatic heterocycles. The van der Waals surface area contributed by atoms with Gasteiger partial charge in [-0.3, -0.25) is 4.79 Å². The molecule has 0 fully saturated rings. The molecule has 0 saturated heterocycles. The number of rotatable bonds is 2. The lowest BCUT2D eigenvalue weighted by Crippen LogP contribution is -2.39. The van der Waals surface area contributed by atoms with Gasteiger partial charge in [0.15, 0.2) is 0 Å². The van der Waals surface area contributed by atoms with Crippen molar-refractivity contribution in [2.45, 2.75) is 45.5 Å². The molecule has 3 aromatic rings. The van der Waals surface area contributed by atoms with E-state index in [1.54, 1.807) is 43.9 Å². The van der Waals surface area contributed by atoms with Crippen LogP contribution in [0.15, 0.2) is 35.4 Å². The molecule has 1 amide bonds. The molecule has 0 spiro atoms. The number of ether oxygens (including phenoxy) is 1. The van der Waals surface area contributed by atoms with E-state index in [4.69, 9.17) is 4.74 Å². The number of hydrogen-bond acceptors (Lipinski definition) is 4. The summed E-state index contributed by atoms with van der Waals surface area (Å²) in [6, 6.07) is 4.99. The highest BCUT2D eigenvalue weighted by Gasteiger charge is 2.31. The van der Waals surface area contributed by atoms with Crippen LogP contribution >= 0.6 is 0 Å². The molecule has 1 aliphatic rings. The van der Waals surface area contributed by atoms with Crippen molar-refractivity contribution < 1.29 is 22.7 Å². The van der Waals surface area contributed by atoms with Crippen molar-refractivity contribution in [3.05, 3.63) is 46.5 Å². The second kappa shape index (κ2) is 7.68. The molecule has 0 saturated carbocycles. The summed E-state index contributed by atoms with van der Waals surface area (Å²) >= 11 is 0. The minimum atomic E-state index is -4.50. The summed E-state index contributed by atoms with van der Waals surface area (Å²) in [7, 11) is 0. The Morgan fingerprint density at radius 3 is 2.69 bits per heavy atom. The minimum Gasteiger partial charge on any atom is -0.444 e. The second-order valence-corrected chi connectivity index (χ2v) is 8.78. The number of fused-ring (bicyclic) bond motifs is 3. The van der Waals surface area contributed by atoms with Gasteiger partial charge in [0.25, 0.3) is 5.56 Å². The zero-order valence-corrected chi connectivity index (χ0v) is 17.9. The molecule has 32 heavy (non-hydrogen) atoms. The lowest BCUT2D eigenvalue weighted by Gasteiger charge is -2.30. The summed E-state index contributed by atoms with van der Waals surface area (Å²) in [6.45, 7) is 4.93. The molecule has 1 N–H and O–H groups in total. The standard InChI is InChI=1S/C22H23F3N4O3/c1-21(2,3)32-20(31)28-8-4-5-14(10-28)13-6-7-16-15(9-13)17-18(19(30)27-12-26-17)29(16)11-22(23,24)25/h5-7,9,12H,4,8,10-11H2,1-3H3,(H,26,27,30). The Bertz CT molecular complexity index is 1280. The highest BCUT2D eigenvalue weighted by molar-refractivity contribution is 6.06. The van der Waals surface area contributed by atoms with Crippen LogP contribution in [0.4, 0.5) is 18.0 Å². The predicted octanol–water partition coefficient (Wildman–Crippen LogP) is 4.46. The van der Waals surface area contributed by atoms with Crippen molar-refractivity contribution in [1.82, 2.24) is 19.4 Å². The minimum absolute atomic E-state index is 0.120. The highest BCUT2D eigenvalue weighted by atomic mass is 19.4. The van der Waals surface area contributed by atoms with Gasteiger partial charge in [-0.05, 0) is 50.5 Å². The molecule has 0 bridgehead atoms. The van der Waals surface area contributed by atoms with E-state index in [1.807, 2.05) is 6.08 Å². The van der Waals surface area contributed by atoms with Gasteiger partial charge in [-0.25, -0.2) is 9.78 Å². The molecule has 0 atom stereocenters. The molecule has 10 heteroatoms. The maximum atomic E-state index is 13.2. The van der Waals surface area contributed by atoms with Crippen molar-refractivity contribution in [2.75, 3.05) is 13.1 Å².